The van der Waals surface area contributed by atoms with Gasteiger partial charge in [0.1, 0.15) is 5.58 Å². The Morgan fingerprint density at radius 3 is 2.58 bits per heavy atom. The number of nitrogens with one attached hydrogen (secondary N) is 1. The van der Waals surface area contributed by atoms with Crippen LogP contribution in [0.15, 0.2) is 28.7 Å². The highest BCUT2D eigenvalue weighted by Crippen LogP contribution is 2.27. The third-order valence-electron chi connectivity index (χ3n) is 3.61. The number of benzene rings is 1. The lowest BCUT2D eigenvalue weighted by molar-refractivity contribution is -0.139. The van der Waals surface area contributed by atoms with E-state index in [0.717, 1.165) is 5.39 Å². The van der Waals surface area contributed by atoms with Crippen LogP contribution in [-0.4, -0.2) is 43.3 Å². The number of amides is 1. The highest BCUT2D eigenvalue weighted by molar-refractivity contribution is 5.99. The largest absolute Gasteiger partial charge is 0.481 e. The highest BCUT2D eigenvalue weighted by Gasteiger charge is 2.32. The van der Waals surface area contributed by atoms with Gasteiger partial charge in [-0.25, -0.2) is 0 Å². The zero-order valence-electron chi connectivity index (χ0n) is 13.9. The standard InChI is InChI=1S/C17H21NO6/c1-17(10-23-3,8-14(19)20)18-16(21)15-12(9-22-2)11-6-4-5-7-13(11)24-15/h4-7H,8-10H2,1-3H3,(H,18,21)(H,19,20). The van der Waals surface area contributed by atoms with Gasteiger partial charge in [0, 0.05) is 25.2 Å². The first kappa shape index (κ1) is 18.0. The van der Waals surface area contributed by atoms with Crippen LogP contribution in [0.3, 0.4) is 0 Å². The first-order valence-electron chi connectivity index (χ1n) is 7.43. The van der Waals surface area contributed by atoms with Crippen molar-refractivity contribution in [2.75, 3.05) is 20.8 Å². The fourth-order valence-electron chi connectivity index (χ4n) is 2.68. The average molecular weight is 335 g/mol. The lowest BCUT2D eigenvalue weighted by atomic mass is 9.98. The van der Waals surface area contributed by atoms with Gasteiger partial charge in [0.15, 0.2) is 5.76 Å². The van der Waals surface area contributed by atoms with Gasteiger partial charge in [-0.3, -0.25) is 9.59 Å². The molecule has 0 bridgehead atoms. The molecule has 0 aliphatic heterocycles. The van der Waals surface area contributed by atoms with E-state index < -0.39 is 17.4 Å². The molecule has 0 fully saturated rings. The quantitative estimate of drug-likeness (QED) is 0.767. The molecule has 2 aromatic rings. The molecule has 24 heavy (non-hydrogen) atoms. The fourth-order valence-corrected chi connectivity index (χ4v) is 2.68. The molecule has 7 heteroatoms. The van der Waals surface area contributed by atoms with E-state index in [-0.39, 0.29) is 25.4 Å². The zero-order chi connectivity index (χ0) is 17.7. The predicted octanol–water partition coefficient (Wildman–Crippen LogP) is 2.19. The number of furan rings is 1. The topological polar surface area (TPSA) is 98.0 Å². The number of carbonyl (C=O) groups is 2. The van der Waals surface area contributed by atoms with Crippen molar-refractivity contribution in [3.8, 4) is 0 Å². The Labute approximate surface area is 139 Å². The van der Waals surface area contributed by atoms with Gasteiger partial charge < -0.3 is 24.3 Å². The molecule has 1 atom stereocenters. The van der Waals surface area contributed by atoms with Crippen molar-refractivity contribution in [2.45, 2.75) is 25.5 Å². The second kappa shape index (κ2) is 7.46. The Hall–Kier alpha value is -2.38. The minimum Gasteiger partial charge on any atom is -0.481 e. The van der Waals surface area contributed by atoms with E-state index in [4.69, 9.17) is 19.0 Å². The van der Waals surface area contributed by atoms with Crippen molar-refractivity contribution in [3.05, 3.63) is 35.6 Å². The normalized spacial score (nSPS) is 13.6. The lowest BCUT2D eigenvalue weighted by Crippen LogP contribution is -2.50. The van der Waals surface area contributed by atoms with Crippen LogP contribution in [0.2, 0.25) is 0 Å². The van der Waals surface area contributed by atoms with E-state index in [0.29, 0.717) is 11.1 Å². The summed E-state index contributed by atoms with van der Waals surface area (Å²) in [6.07, 6.45) is -0.271. The molecule has 0 saturated carbocycles. The molecule has 1 heterocycles. The van der Waals surface area contributed by atoms with Crippen molar-refractivity contribution < 1.29 is 28.6 Å². The van der Waals surface area contributed by atoms with Gasteiger partial charge in [-0.15, -0.1) is 0 Å². The predicted molar refractivity (Wildman–Crippen MR) is 86.9 cm³/mol. The van der Waals surface area contributed by atoms with Crippen LogP contribution in [0.5, 0.6) is 0 Å². The smallest absolute Gasteiger partial charge is 0.305 e. The Morgan fingerprint density at radius 1 is 1.25 bits per heavy atom. The number of carboxylic acids is 1. The van der Waals surface area contributed by atoms with Crippen LogP contribution in [-0.2, 0) is 20.9 Å². The molecule has 0 aliphatic rings. The van der Waals surface area contributed by atoms with Crippen LogP contribution in [0.4, 0.5) is 0 Å². The maximum atomic E-state index is 12.7. The molecule has 2 N–H and O–H groups in total. The molecule has 0 radical (unpaired) electrons. The first-order chi connectivity index (χ1) is 11.4. The lowest BCUT2D eigenvalue weighted by Gasteiger charge is -2.28. The maximum absolute atomic E-state index is 12.7. The van der Waals surface area contributed by atoms with Gasteiger partial charge >= 0.3 is 5.97 Å². The summed E-state index contributed by atoms with van der Waals surface area (Å²) in [5.41, 5.74) is 0.142. The molecular weight excluding hydrogens is 314 g/mol. The highest BCUT2D eigenvalue weighted by atomic mass is 16.5. The summed E-state index contributed by atoms with van der Waals surface area (Å²) < 4.78 is 15.9. The van der Waals surface area contributed by atoms with Gasteiger partial charge in [-0.1, -0.05) is 18.2 Å². The SMILES string of the molecule is COCc1c(C(=O)NC(C)(COC)CC(=O)O)oc2ccccc12. The summed E-state index contributed by atoms with van der Waals surface area (Å²) in [5.74, 6) is -1.42. The summed E-state index contributed by atoms with van der Waals surface area (Å²) in [6.45, 7) is 1.88. The van der Waals surface area contributed by atoms with Crippen molar-refractivity contribution in [1.29, 1.82) is 0 Å². The van der Waals surface area contributed by atoms with Gasteiger partial charge in [-0.2, -0.15) is 0 Å². The van der Waals surface area contributed by atoms with Crippen LogP contribution in [0.25, 0.3) is 11.0 Å². The number of fused-ring (bicyclic) bond motifs is 1. The Bertz CT molecular complexity index is 738. The van der Waals surface area contributed by atoms with Gasteiger partial charge in [0.05, 0.1) is 25.2 Å². The van der Waals surface area contributed by atoms with E-state index >= 15 is 0 Å². The summed E-state index contributed by atoms with van der Waals surface area (Å²) in [7, 11) is 2.98. The minimum absolute atomic E-state index is 0.0604. The van der Waals surface area contributed by atoms with Crippen molar-refractivity contribution in [1.82, 2.24) is 5.32 Å². The van der Waals surface area contributed by atoms with E-state index in [2.05, 4.69) is 5.32 Å². The first-order valence-corrected chi connectivity index (χ1v) is 7.43. The molecule has 0 aliphatic carbocycles. The molecule has 1 unspecified atom stereocenters. The van der Waals surface area contributed by atoms with Crippen LogP contribution in [0, 0.1) is 0 Å². The van der Waals surface area contributed by atoms with Crippen molar-refractivity contribution >= 4 is 22.8 Å². The van der Waals surface area contributed by atoms with Crippen LogP contribution in [0.1, 0.15) is 29.5 Å². The summed E-state index contributed by atoms with van der Waals surface area (Å²) in [4.78, 5) is 23.7. The second-order valence-electron chi connectivity index (χ2n) is 5.86. The Morgan fingerprint density at radius 2 is 1.96 bits per heavy atom. The maximum Gasteiger partial charge on any atom is 0.305 e. The molecular formula is C17H21NO6. The molecule has 130 valence electrons. The third-order valence-corrected chi connectivity index (χ3v) is 3.61. The van der Waals surface area contributed by atoms with Gasteiger partial charge in [-0.05, 0) is 13.0 Å². The fraction of sp³-hybridized carbons (Fsp3) is 0.412. The van der Waals surface area contributed by atoms with Crippen LogP contribution < -0.4 is 5.32 Å². The third kappa shape index (κ3) is 3.93. The number of hydrogen-bond acceptors (Lipinski definition) is 5. The number of carbonyl (C=O) groups excluding carboxylic acids is 1. The zero-order valence-corrected chi connectivity index (χ0v) is 13.9. The number of para-hydroxylation sites is 1. The molecule has 1 amide bonds. The monoisotopic (exact) mass is 335 g/mol. The number of rotatable bonds is 8. The molecule has 0 spiro atoms. The number of carboxylic acid groups (broad SMARTS) is 1. The molecule has 0 saturated heterocycles. The molecule has 2 rings (SSSR count). The van der Waals surface area contributed by atoms with Gasteiger partial charge in [0.25, 0.3) is 5.91 Å². The molecule has 1 aromatic heterocycles. The van der Waals surface area contributed by atoms with Crippen molar-refractivity contribution in [2.24, 2.45) is 0 Å². The van der Waals surface area contributed by atoms with Crippen LogP contribution >= 0.6 is 0 Å². The number of aliphatic carboxylic acids is 1. The molecule has 7 nitrogen and oxygen atoms in total. The summed E-state index contributed by atoms with van der Waals surface area (Å²) in [5, 5.41) is 12.6. The van der Waals surface area contributed by atoms with E-state index in [1.54, 1.807) is 13.0 Å². The van der Waals surface area contributed by atoms with Gasteiger partial charge in [0.2, 0.25) is 0 Å². The van der Waals surface area contributed by atoms with E-state index in [1.165, 1.54) is 14.2 Å². The minimum atomic E-state index is -1.05. The Kier molecular flexibility index (Phi) is 5.58. The Balaban J connectivity index is 2.36. The summed E-state index contributed by atoms with van der Waals surface area (Å²) >= 11 is 0. The second-order valence-corrected chi connectivity index (χ2v) is 5.86. The number of hydrogen-bond donors (Lipinski definition) is 2. The van der Waals surface area contributed by atoms with E-state index in [9.17, 15) is 9.59 Å². The average Bonchev–Trinajstić information content (AvgIpc) is 2.86. The molecule has 1 aromatic carbocycles. The summed E-state index contributed by atoms with van der Waals surface area (Å²) in [6, 6.07) is 7.26. The van der Waals surface area contributed by atoms with E-state index in [1.807, 2.05) is 18.2 Å². The number of methoxy groups -OCH3 is 2. The van der Waals surface area contributed by atoms with Crippen molar-refractivity contribution in [3.63, 3.8) is 0 Å². The number of ether oxygens (including phenoxy) is 2.